The summed E-state index contributed by atoms with van der Waals surface area (Å²) in [4.78, 5) is 24.4. The number of H-pyrrole nitrogens is 1. The van der Waals surface area contributed by atoms with Gasteiger partial charge in [-0.2, -0.15) is 5.10 Å². The van der Waals surface area contributed by atoms with Crippen LogP contribution in [0.3, 0.4) is 0 Å². The van der Waals surface area contributed by atoms with Gasteiger partial charge in [0.25, 0.3) is 0 Å². The molecule has 1 aromatic carbocycles. The average Bonchev–Trinajstić information content (AvgIpc) is 2.90. The lowest BCUT2D eigenvalue weighted by atomic mass is 9.87. The van der Waals surface area contributed by atoms with Gasteiger partial charge < -0.3 is 11.1 Å². The van der Waals surface area contributed by atoms with E-state index in [1.807, 2.05) is 20.8 Å². The minimum Gasteiger partial charge on any atom is -0.322 e. The highest BCUT2D eigenvalue weighted by Crippen LogP contribution is 2.30. The van der Waals surface area contributed by atoms with Gasteiger partial charge in [0.2, 0.25) is 5.91 Å². The summed E-state index contributed by atoms with van der Waals surface area (Å²) < 4.78 is 13.1. The molecule has 0 aliphatic rings. The fourth-order valence-corrected chi connectivity index (χ4v) is 2.12. The number of aromatic nitrogens is 2. The molecule has 1 aromatic heterocycles. The van der Waals surface area contributed by atoms with Gasteiger partial charge in [-0.05, 0) is 24.3 Å². The molecule has 122 valence electrons. The Kier molecular flexibility index (Phi) is 4.60. The minimum absolute atomic E-state index is 0.125. The molecule has 0 spiro atoms. The lowest BCUT2D eigenvalue weighted by molar-refractivity contribution is -0.114. The number of ketones is 1. The molecule has 6 nitrogen and oxygen atoms in total. The number of hydrogen-bond donors (Lipinski definition) is 3. The number of amides is 1. The van der Waals surface area contributed by atoms with Crippen LogP contribution in [-0.4, -0.2) is 28.4 Å². The number of benzene rings is 1. The zero-order chi connectivity index (χ0) is 17.2. The number of halogens is 1. The average molecular weight is 318 g/mol. The van der Waals surface area contributed by atoms with Crippen LogP contribution in [0, 0.1) is 5.82 Å². The van der Waals surface area contributed by atoms with Crippen molar-refractivity contribution in [1.29, 1.82) is 0 Å². The summed E-state index contributed by atoms with van der Waals surface area (Å²) in [5, 5.41) is 9.35. The second-order valence-electron chi connectivity index (χ2n) is 6.16. The predicted molar refractivity (Wildman–Crippen MR) is 84.8 cm³/mol. The number of carbonyl (C=O) groups excluding carboxylic acids is 2. The van der Waals surface area contributed by atoms with Gasteiger partial charge >= 0.3 is 0 Å². The Hall–Kier alpha value is -2.54. The van der Waals surface area contributed by atoms with E-state index in [0.717, 1.165) is 0 Å². The standard InChI is InChI=1S/C16H19FN4O2/c1-16(2,3)14-12(15(21-20-14)19-11(22)8-18)13(23)9-4-6-10(17)7-5-9/h4-7H,8,18H2,1-3H3,(H2,19,20,21,22). The molecule has 1 heterocycles. The maximum absolute atomic E-state index is 13.1. The summed E-state index contributed by atoms with van der Waals surface area (Å²) in [7, 11) is 0. The van der Waals surface area contributed by atoms with E-state index in [1.165, 1.54) is 24.3 Å². The van der Waals surface area contributed by atoms with Gasteiger partial charge in [-0.3, -0.25) is 14.7 Å². The molecule has 0 radical (unpaired) electrons. The summed E-state index contributed by atoms with van der Waals surface area (Å²) in [6, 6.07) is 5.21. The molecular formula is C16H19FN4O2. The van der Waals surface area contributed by atoms with Crippen LogP contribution in [0.25, 0.3) is 0 Å². The van der Waals surface area contributed by atoms with E-state index in [9.17, 15) is 14.0 Å². The number of anilines is 1. The van der Waals surface area contributed by atoms with Crippen molar-refractivity contribution in [2.45, 2.75) is 26.2 Å². The first-order valence-electron chi connectivity index (χ1n) is 7.13. The smallest absolute Gasteiger partial charge is 0.239 e. The Bertz CT molecular complexity index is 730. The summed E-state index contributed by atoms with van der Waals surface area (Å²) in [5.41, 5.74) is 6.04. The van der Waals surface area contributed by atoms with E-state index in [2.05, 4.69) is 15.5 Å². The van der Waals surface area contributed by atoms with Crippen LogP contribution in [0.4, 0.5) is 10.2 Å². The Morgan fingerprint density at radius 3 is 2.39 bits per heavy atom. The van der Waals surface area contributed by atoms with Gasteiger partial charge in [0.15, 0.2) is 11.6 Å². The van der Waals surface area contributed by atoms with Gasteiger partial charge in [0.1, 0.15) is 5.82 Å². The van der Waals surface area contributed by atoms with Gasteiger partial charge in [-0.15, -0.1) is 0 Å². The molecule has 0 fully saturated rings. The zero-order valence-corrected chi connectivity index (χ0v) is 13.2. The van der Waals surface area contributed by atoms with Crippen molar-refractivity contribution in [3.05, 3.63) is 46.9 Å². The van der Waals surface area contributed by atoms with Crippen molar-refractivity contribution in [2.24, 2.45) is 5.73 Å². The predicted octanol–water partition coefficient (Wildman–Crippen LogP) is 1.97. The van der Waals surface area contributed by atoms with Crippen LogP contribution < -0.4 is 11.1 Å². The van der Waals surface area contributed by atoms with Crippen molar-refractivity contribution in [2.75, 3.05) is 11.9 Å². The summed E-state index contributed by atoms with van der Waals surface area (Å²) in [6.07, 6.45) is 0. The third-order valence-electron chi connectivity index (χ3n) is 3.29. The maximum atomic E-state index is 13.1. The molecule has 1 amide bonds. The molecule has 0 saturated carbocycles. The van der Waals surface area contributed by atoms with E-state index in [4.69, 9.17) is 5.73 Å². The van der Waals surface area contributed by atoms with Crippen molar-refractivity contribution >= 4 is 17.5 Å². The topological polar surface area (TPSA) is 101 Å². The molecule has 23 heavy (non-hydrogen) atoms. The minimum atomic E-state index is -0.454. The molecule has 2 rings (SSSR count). The van der Waals surface area contributed by atoms with Crippen molar-refractivity contribution in [3.63, 3.8) is 0 Å². The number of hydrogen-bond acceptors (Lipinski definition) is 4. The third kappa shape index (κ3) is 3.62. The van der Waals surface area contributed by atoms with Gasteiger partial charge in [-0.25, -0.2) is 4.39 Å². The number of nitrogens with one attached hydrogen (secondary N) is 2. The van der Waals surface area contributed by atoms with Crippen molar-refractivity contribution in [3.8, 4) is 0 Å². The molecule has 0 aliphatic carbocycles. The van der Waals surface area contributed by atoms with Crippen molar-refractivity contribution < 1.29 is 14.0 Å². The van der Waals surface area contributed by atoms with Crippen LogP contribution in [0.2, 0.25) is 0 Å². The highest BCUT2D eigenvalue weighted by molar-refractivity contribution is 6.14. The van der Waals surface area contributed by atoms with E-state index >= 15 is 0 Å². The first-order valence-corrected chi connectivity index (χ1v) is 7.13. The normalized spacial score (nSPS) is 11.3. The lowest BCUT2D eigenvalue weighted by Gasteiger charge is -2.18. The van der Waals surface area contributed by atoms with Gasteiger partial charge in [-0.1, -0.05) is 20.8 Å². The molecule has 7 heteroatoms. The first kappa shape index (κ1) is 16.8. The summed E-state index contributed by atoms with van der Waals surface area (Å²) in [5.74, 6) is -1.11. The number of nitrogens with two attached hydrogens (primary N) is 1. The van der Waals surface area contributed by atoms with E-state index in [1.54, 1.807) is 0 Å². The highest BCUT2D eigenvalue weighted by atomic mass is 19.1. The molecule has 0 unspecified atom stereocenters. The SMILES string of the molecule is CC(C)(C)c1[nH]nc(NC(=O)CN)c1C(=O)c1ccc(F)cc1. The molecule has 2 aromatic rings. The monoisotopic (exact) mass is 318 g/mol. The fourth-order valence-electron chi connectivity index (χ4n) is 2.12. The summed E-state index contributed by atoms with van der Waals surface area (Å²) in [6.45, 7) is 5.52. The van der Waals surface area contributed by atoms with Gasteiger partial charge in [0.05, 0.1) is 17.8 Å². The molecule has 0 bridgehead atoms. The molecule has 4 N–H and O–H groups in total. The van der Waals surface area contributed by atoms with Crippen LogP contribution in [0.15, 0.2) is 24.3 Å². The largest absolute Gasteiger partial charge is 0.322 e. The van der Waals surface area contributed by atoms with Crippen LogP contribution in [-0.2, 0) is 10.2 Å². The maximum Gasteiger partial charge on any atom is 0.239 e. The number of nitrogens with zero attached hydrogens (tertiary/aromatic N) is 1. The Labute approximate surface area is 133 Å². The number of aromatic amines is 1. The summed E-state index contributed by atoms with van der Waals surface area (Å²) >= 11 is 0. The van der Waals surface area contributed by atoms with Crippen LogP contribution >= 0.6 is 0 Å². The second-order valence-corrected chi connectivity index (χ2v) is 6.16. The third-order valence-corrected chi connectivity index (χ3v) is 3.29. The Morgan fingerprint density at radius 1 is 1.26 bits per heavy atom. The molecule has 0 saturated heterocycles. The van der Waals surface area contributed by atoms with Crippen LogP contribution in [0.1, 0.15) is 42.4 Å². The molecular weight excluding hydrogens is 299 g/mol. The fraction of sp³-hybridized carbons (Fsp3) is 0.312. The quantitative estimate of drug-likeness (QED) is 0.750. The molecule has 0 aliphatic heterocycles. The van der Waals surface area contributed by atoms with Gasteiger partial charge in [0, 0.05) is 11.0 Å². The van der Waals surface area contributed by atoms with Crippen LogP contribution in [0.5, 0.6) is 0 Å². The Morgan fingerprint density at radius 2 is 1.87 bits per heavy atom. The lowest BCUT2D eigenvalue weighted by Crippen LogP contribution is -2.24. The number of rotatable bonds is 4. The van der Waals surface area contributed by atoms with E-state index < -0.39 is 17.1 Å². The van der Waals surface area contributed by atoms with E-state index in [0.29, 0.717) is 11.3 Å². The van der Waals surface area contributed by atoms with Crippen molar-refractivity contribution in [1.82, 2.24) is 10.2 Å². The van der Waals surface area contributed by atoms with E-state index in [-0.39, 0.29) is 23.7 Å². The zero-order valence-electron chi connectivity index (χ0n) is 13.2. The first-order chi connectivity index (χ1) is 10.7. The Balaban J connectivity index is 2.52. The second kappa shape index (κ2) is 6.29. The number of carbonyl (C=O) groups is 2. The highest BCUT2D eigenvalue weighted by Gasteiger charge is 2.29. The molecule has 0 atom stereocenters.